The van der Waals surface area contributed by atoms with Gasteiger partial charge in [-0.05, 0) is 94.3 Å². The minimum atomic E-state index is -0.250. The van der Waals surface area contributed by atoms with Gasteiger partial charge in [-0.1, -0.05) is 124 Å². The zero-order chi connectivity index (χ0) is 29.2. The van der Waals surface area contributed by atoms with Crippen LogP contribution in [0.15, 0.2) is 23.8 Å². The monoisotopic (exact) mass is 541 g/mol. The van der Waals surface area contributed by atoms with Crippen molar-refractivity contribution in [1.29, 1.82) is 0 Å². The van der Waals surface area contributed by atoms with Gasteiger partial charge in [0.25, 0.3) is 0 Å². The number of hydrogen-bond acceptors (Lipinski definition) is 0. The Bertz CT molecular complexity index is 533. The molecule has 0 aliphatic heterocycles. The molecule has 38 heavy (non-hydrogen) atoms. The molecule has 5 unspecified atom stereocenters. The molecule has 5 atom stereocenters. The molecule has 0 amide bonds. The third-order valence-electron chi connectivity index (χ3n) is 8.12. The van der Waals surface area contributed by atoms with Crippen LogP contribution in [0.4, 0.5) is 8.78 Å². The molecule has 0 aromatic rings. The van der Waals surface area contributed by atoms with E-state index >= 15 is 0 Å². The highest BCUT2D eigenvalue weighted by molar-refractivity contribution is 5.00. The minimum absolute atomic E-state index is 0.175. The molecule has 1 aliphatic rings. The predicted molar refractivity (Wildman–Crippen MR) is 170 cm³/mol. The van der Waals surface area contributed by atoms with Crippen LogP contribution in [0, 0.1) is 35.5 Å². The molecule has 0 nitrogen and oxygen atoms in total. The van der Waals surface area contributed by atoms with Gasteiger partial charge in [-0.25, -0.2) is 0 Å². The summed E-state index contributed by atoms with van der Waals surface area (Å²) in [6.45, 7) is 19.5. The first kappa shape index (κ1) is 39.5. The molecule has 1 rings (SSSR count). The summed E-state index contributed by atoms with van der Waals surface area (Å²) in [6.07, 6.45) is 26.9. The molecule has 0 aromatic carbocycles. The van der Waals surface area contributed by atoms with Gasteiger partial charge in [0.15, 0.2) is 0 Å². The van der Waals surface area contributed by atoms with E-state index in [4.69, 9.17) is 0 Å². The summed E-state index contributed by atoms with van der Waals surface area (Å²) in [6, 6.07) is 0. The molecule has 1 saturated carbocycles. The topological polar surface area (TPSA) is 0 Å². The molecular weight excluding hydrogens is 470 g/mol. The molecule has 2 heteroatoms. The van der Waals surface area contributed by atoms with Crippen LogP contribution in [0.25, 0.3) is 0 Å². The fraction of sp³-hybridized carbons (Fsp3) is 0.889. The van der Waals surface area contributed by atoms with Crippen molar-refractivity contribution in [2.45, 2.75) is 159 Å². The normalized spacial score (nSPS) is 17.6. The second-order valence-corrected chi connectivity index (χ2v) is 12.7. The van der Waals surface area contributed by atoms with E-state index in [9.17, 15) is 8.78 Å². The van der Waals surface area contributed by atoms with E-state index in [1.807, 2.05) is 0 Å². The van der Waals surface area contributed by atoms with E-state index in [1.165, 1.54) is 96.0 Å². The minimum Gasteiger partial charge on any atom is -0.251 e. The Balaban J connectivity index is 0. The third-order valence-corrected chi connectivity index (χ3v) is 8.12. The van der Waals surface area contributed by atoms with Crippen molar-refractivity contribution >= 4 is 0 Å². The Morgan fingerprint density at radius 2 is 1.39 bits per heavy atom. The van der Waals surface area contributed by atoms with Crippen molar-refractivity contribution in [1.82, 2.24) is 0 Å². The number of allylic oxidation sites excluding steroid dienone is 4. The first-order valence-electron chi connectivity index (χ1n) is 16.6. The zero-order valence-corrected chi connectivity index (χ0v) is 27.5. The highest BCUT2D eigenvalue weighted by atomic mass is 19.1. The number of halogens is 2. The second-order valence-electron chi connectivity index (χ2n) is 12.7. The van der Waals surface area contributed by atoms with Crippen molar-refractivity contribution in [3.63, 3.8) is 0 Å². The van der Waals surface area contributed by atoms with Crippen LogP contribution < -0.4 is 0 Å². The third kappa shape index (κ3) is 28.4. The van der Waals surface area contributed by atoms with Crippen molar-refractivity contribution in [3.05, 3.63) is 23.8 Å². The Hall–Kier alpha value is -0.660. The highest BCUT2D eigenvalue weighted by Gasteiger charge is 2.19. The first-order valence-corrected chi connectivity index (χ1v) is 16.6. The van der Waals surface area contributed by atoms with E-state index in [2.05, 4.69) is 73.6 Å². The lowest BCUT2D eigenvalue weighted by atomic mass is 9.88. The van der Waals surface area contributed by atoms with E-state index in [0.717, 1.165) is 30.1 Å². The quantitative estimate of drug-likeness (QED) is 0.135. The lowest BCUT2D eigenvalue weighted by molar-refractivity contribution is 0.357. The van der Waals surface area contributed by atoms with Gasteiger partial charge in [0.05, 0.1) is 13.3 Å². The summed E-state index contributed by atoms with van der Waals surface area (Å²) in [5.74, 6) is 4.80. The molecule has 0 spiro atoms. The molecule has 0 aromatic heterocycles. The standard InChI is InChI=1S/C18H35F.C16H30.C2H5F/c1-6-7-8-15(2)9-10-16(3)13-18(5)14-17(4)11-12-19;1-4-5-9-14(2)15(3)10-7-6-8-11-16-12-13-16;1-2-3/h13,15,17-18H,6-12,14H2,1-5H3;6-7,14-16H,4-5,8-13H2,1-3H3;2H2,1H3/b16-13+;7-6-;. The Labute approximate surface area is 239 Å². The zero-order valence-electron chi connectivity index (χ0n) is 27.5. The number of rotatable bonds is 20. The number of hydrogen-bond donors (Lipinski definition) is 0. The van der Waals surface area contributed by atoms with E-state index < -0.39 is 0 Å². The summed E-state index contributed by atoms with van der Waals surface area (Å²) < 4.78 is 22.5. The van der Waals surface area contributed by atoms with Crippen LogP contribution in [0.1, 0.15) is 159 Å². The average molecular weight is 541 g/mol. The fourth-order valence-corrected chi connectivity index (χ4v) is 4.96. The molecule has 0 bridgehead atoms. The van der Waals surface area contributed by atoms with Crippen molar-refractivity contribution < 1.29 is 8.78 Å². The van der Waals surface area contributed by atoms with E-state index in [-0.39, 0.29) is 13.3 Å². The lowest BCUT2D eigenvalue weighted by Crippen LogP contribution is -2.06. The van der Waals surface area contributed by atoms with E-state index in [0.29, 0.717) is 18.3 Å². The van der Waals surface area contributed by atoms with Gasteiger partial charge in [-0.3, -0.25) is 8.78 Å². The van der Waals surface area contributed by atoms with Gasteiger partial charge in [-0.2, -0.15) is 0 Å². The van der Waals surface area contributed by atoms with Gasteiger partial charge in [0, 0.05) is 0 Å². The van der Waals surface area contributed by atoms with Gasteiger partial charge >= 0.3 is 0 Å². The van der Waals surface area contributed by atoms with E-state index in [1.54, 1.807) is 0 Å². The molecule has 228 valence electrons. The molecule has 0 heterocycles. The van der Waals surface area contributed by atoms with Crippen molar-refractivity contribution in [3.8, 4) is 0 Å². The number of unbranched alkanes of at least 4 members (excludes halogenated alkanes) is 2. The Morgan fingerprint density at radius 3 is 1.95 bits per heavy atom. The number of alkyl halides is 2. The molecule has 0 saturated heterocycles. The van der Waals surface area contributed by atoms with Gasteiger partial charge in [0.1, 0.15) is 0 Å². The molecule has 1 fully saturated rings. The summed E-state index contributed by atoms with van der Waals surface area (Å²) in [7, 11) is 0. The van der Waals surface area contributed by atoms with Crippen LogP contribution in [0.2, 0.25) is 0 Å². The highest BCUT2D eigenvalue weighted by Crippen LogP contribution is 2.33. The summed E-state index contributed by atoms with van der Waals surface area (Å²) >= 11 is 0. The predicted octanol–water partition coefficient (Wildman–Crippen LogP) is 13.1. The maximum absolute atomic E-state index is 12.3. The molecule has 1 aliphatic carbocycles. The molecular formula is C36H70F2. The lowest BCUT2D eigenvalue weighted by Gasteiger charge is -2.17. The summed E-state index contributed by atoms with van der Waals surface area (Å²) in [5, 5.41) is 0. The Kier molecular flexibility index (Phi) is 29.0. The largest absolute Gasteiger partial charge is 0.251 e. The molecule has 0 radical (unpaired) electrons. The van der Waals surface area contributed by atoms with Crippen LogP contribution in [0.5, 0.6) is 0 Å². The maximum Gasteiger partial charge on any atom is 0.0897 e. The first-order chi connectivity index (χ1) is 18.1. The summed E-state index contributed by atoms with van der Waals surface area (Å²) in [4.78, 5) is 0. The summed E-state index contributed by atoms with van der Waals surface area (Å²) in [5.41, 5.74) is 1.52. The van der Waals surface area contributed by atoms with Crippen molar-refractivity contribution in [2.75, 3.05) is 13.3 Å². The second kappa shape index (κ2) is 27.9. The average Bonchev–Trinajstić information content (AvgIpc) is 3.69. The molecule has 0 N–H and O–H groups in total. The van der Waals surface area contributed by atoms with Gasteiger partial charge in [-0.15, -0.1) is 0 Å². The van der Waals surface area contributed by atoms with Crippen LogP contribution in [-0.2, 0) is 0 Å². The maximum atomic E-state index is 12.3. The smallest absolute Gasteiger partial charge is 0.0897 e. The van der Waals surface area contributed by atoms with Crippen LogP contribution in [0.3, 0.4) is 0 Å². The van der Waals surface area contributed by atoms with Gasteiger partial charge < -0.3 is 0 Å². The fourth-order valence-electron chi connectivity index (χ4n) is 4.96. The van der Waals surface area contributed by atoms with Crippen LogP contribution >= 0.6 is 0 Å². The Morgan fingerprint density at radius 1 is 0.789 bits per heavy atom. The van der Waals surface area contributed by atoms with Gasteiger partial charge in [0.2, 0.25) is 0 Å². The van der Waals surface area contributed by atoms with Crippen molar-refractivity contribution in [2.24, 2.45) is 35.5 Å². The SMILES string of the molecule is CCCCC(C)C(C)C/C=C\CCC1CC1.CCCCC(C)CC/C(C)=C/C(C)CC(C)CCF.CCF. The van der Waals surface area contributed by atoms with Crippen LogP contribution in [-0.4, -0.2) is 13.3 Å².